The first-order chi connectivity index (χ1) is 13.8. The largest absolute Gasteiger partial charge is 0.326 e. The minimum atomic E-state index is -3.23. The quantitative estimate of drug-likeness (QED) is 0.655. The summed E-state index contributed by atoms with van der Waals surface area (Å²) in [4.78, 5) is 17.0. The number of aromatic nitrogens is 1. The molecule has 1 heterocycles. The number of anilines is 1. The lowest BCUT2D eigenvalue weighted by Gasteiger charge is -2.14. The fraction of sp³-hybridized carbons (Fsp3) is 0.304. The number of fused-ring (bicyclic) bond motifs is 1. The number of carbonyl (C=O) groups is 1. The second-order valence-electron chi connectivity index (χ2n) is 7.75. The molecule has 150 valence electrons. The monoisotopic (exact) mass is 408 g/mol. The summed E-state index contributed by atoms with van der Waals surface area (Å²) in [5.41, 5.74) is 5.61. The van der Waals surface area contributed by atoms with E-state index >= 15 is 0 Å². The number of pyridine rings is 1. The van der Waals surface area contributed by atoms with E-state index in [0.717, 1.165) is 33.4 Å². The van der Waals surface area contributed by atoms with E-state index in [1.165, 1.54) is 24.7 Å². The highest BCUT2D eigenvalue weighted by atomic mass is 32.2. The lowest BCUT2D eigenvalue weighted by Crippen LogP contribution is -2.10. The molecular weight excluding hydrogens is 384 g/mol. The molecule has 1 saturated carbocycles. The van der Waals surface area contributed by atoms with E-state index in [1.54, 1.807) is 24.3 Å². The SMILES string of the molecule is CCC(=O)Nc1cc2nc(-c3ccc(S(C)(=O)=O)cc3)cc(C3CC3)c2cc1C. The Balaban J connectivity index is 1.84. The molecule has 3 aromatic rings. The van der Waals surface area contributed by atoms with Crippen molar-refractivity contribution in [2.45, 2.75) is 43.9 Å². The smallest absolute Gasteiger partial charge is 0.224 e. The Labute approximate surface area is 171 Å². The third-order valence-corrected chi connectivity index (χ3v) is 6.51. The first-order valence-corrected chi connectivity index (χ1v) is 11.7. The minimum absolute atomic E-state index is 0.0256. The molecule has 2 aromatic carbocycles. The van der Waals surface area contributed by atoms with E-state index in [2.05, 4.69) is 17.4 Å². The lowest BCUT2D eigenvalue weighted by molar-refractivity contribution is -0.115. The summed E-state index contributed by atoms with van der Waals surface area (Å²) in [5.74, 6) is 0.507. The van der Waals surface area contributed by atoms with Gasteiger partial charge in [0, 0.05) is 29.3 Å². The van der Waals surface area contributed by atoms with Gasteiger partial charge in [-0.15, -0.1) is 0 Å². The Morgan fingerprint density at radius 3 is 2.41 bits per heavy atom. The molecule has 1 fully saturated rings. The van der Waals surface area contributed by atoms with Crippen LogP contribution in [0, 0.1) is 6.92 Å². The van der Waals surface area contributed by atoms with Crippen LogP contribution in [0.4, 0.5) is 5.69 Å². The maximum Gasteiger partial charge on any atom is 0.224 e. The highest BCUT2D eigenvalue weighted by Crippen LogP contribution is 2.44. The Morgan fingerprint density at radius 1 is 1.14 bits per heavy atom. The standard InChI is InChI=1S/C23H24N2O3S/c1-4-23(26)25-20-13-22-19(11-14(20)2)18(15-5-6-15)12-21(24-22)16-7-9-17(10-8-16)29(3,27)28/h7-13,15H,4-6H2,1-3H3,(H,25,26). The van der Waals surface area contributed by atoms with Gasteiger partial charge in [0.1, 0.15) is 0 Å². The molecule has 1 amide bonds. The highest BCUT2D eigenvalue weighted by molar-refractivity contribution is 7.90. The number of rotatable bonds is 5. The van der Waals surface area contributed by atoms with Gasteiger partial charge in [-0.2, -0.15) is 0 Å². The molecule has 1 aliphatic rings. The molecule has 1 aliphatic carbocycles. The first kappa shape index (κ1) is 19.6. The predicted molar refractivity (Wildman–Crippen MR) is 116 cm³/mol. The van der Waals surface area contributed by atoms with Crippen LogP contribution in [-0.2, 0) is 14.6 Å². The second-order valence-corrected chi connectivity index (χ2v) is 9.77. The van der Waals surface area contributed by atoms with Crippen molar-refractivity contribution >= 4 is 32.3 Å². The number of nitrogens with zero attached hydrogens (tertiary/aromatic N) is 1. The van der Waals surface area contributed by atoms with E-state index < -0.39 is 9.84 Å². The average molecular weight is 409 g/mol. The van der Waals surface area contributed by atoms with Gasteiger partial charge in [0.05, 0.1) is 16.1 Å². The van der Waals surface area contributed by atoms with Crippen molar-refractivity contribution in [3.05, 3.63) is 53.6 Å². The van der Waals surface area contributed by atoms with Gasteiger partial charge in [0.15, 0.2) is 9.84 Å². The number of hydrogen-bond acceptors (Lipinski definition) is 4. The third-order valence-electron chi connectivity index (χ3n) is 5.38. The minimum Gasteiger partial charge on any atom is -0.326 e. The van der Waals surface area contributed by atoms with Gasteiger partial charge in [0.2, 0.25) is 5.91 Å². The molecule has 0 spiro atoms. The van der Waals surface area contributed by atoms with E-state index in [1.807, 2.05) is 19.9 Å². The van der Waals surface area contributed by atoms with E-state index in [-0.39, 0.29) is 5.91 Å². The number of sulfone groups is 1. The van der Waals surface area contributed by atoms with Crippen LogP contribution in [0.1, 0.15) is 43.2 Å². The van der Waals surface area contributed by atoms with Crippen molar-refractivity contribution in [1.82, 2.24) is 4.98 Å². The molecule has 5 nitrogen and oxygen atoms in total. The van der Waals surface area contributed by atoms with Crippen molar-refractivity contribution in [2.75, 3.05) is 11.6 Å². The molecule has 0 atom stereocenters. The summed E-state index contributed by atoms with van der Waals surface area (Å²) in [7, 11) is -3.23. The normalized spacial score (nSPS) is 14.2. The summed E-state index contributed by atoms with van der Waals surface area (Å²) >= 11 is 0. The van der Waals surface area contributed by atoms with E-state index in [9.17, 15) is 13.2 Å². The summed E-state index contributed by atoms with van der Waals surface area (Å²) in [5, 5.41) is 4.08. The molecule has 0 saturated heterocycles. The summed E-state index contributed by atoms with van der Waals surface area (Å²) in [6, 6.07) is 13.0. The first-order valence-electron chi connectivity index (χ1n) is 9.82. The Morgan fingerprint density at radius 2 is 1.83 bits per heavy atom. The highest BCUT2D eigenvalue weighted by Gasteiger charge is 2.27. The average Bonchev–Trinajstić information content (AvgIpc) is 3.52. The summed E-state index contributed by atoms with van der Waals surface area (Å²) < 4.78 is 23.5. The van der Waals surface area contributed by atoms with Crippen LogP contribution in [0.2, 0.25) is 0 Å². The molecule has 0 bridgehead atoms. The number of hydrogen-bond donors (Lipinski definition) is 1. The van der Waals surface area contributed by atoms with Gasteiger partial charge in [-0.05, 0) is 67.1 Å². The molecule has 0 radical (unpaired) electrons. The maximum absolute atomic E-state index is 11.9. The van der Waals surface area contributed by atoms with Crippen molar-refractivity contribution in [1.29, 1.82) is 0 Å². The third kappa shape index (κ3) is 4.03. The fourth-order valence-electron chi connectivity index (χ4n) is 3.53. The number of benzene rings is 2. The van der Waals surface area contributed by atoms with Gasteiger partial charge in [-0.25, -0.2) is 13.4 Å². The van der Waals surface area contributed by atoms with Crippen LogP contribution >= 0.6 is 0 Å². The van der Waals surface area contributed by atoms with Crippen molar-refractivity contribution in [2.24, 2.45) is 0 Å². The van der Waals surface area contributed by atoms with Gasteiger partial charge in [-0.3, -0.25) is 4.79 Å². The van der Waals surface area contributed by atoms with Crippen molar-refractivity contribution < 1.29 is 13.2 Å². The van der Waals surface area contributed by atoms with Crippen LogP contribution < -0.4 is 5.32 Å². The molecule has 0 aliphatic heterocycles. The van der Waals surface area contributed by atoms with Crippen molar-refractivity contribution in [3.63, 3.8) is 0 Å². The zero-order valence-corrected chi connectivity index (χ0v) is 17.6. The van der Waals surface area contributed by atoms with Gasteiger partial charge in [0.25, 0.3) is 0 Å². The molecule has 29 heavy (non-hydrogen) atoms. The Bertz CT molecular complexity index is 1210. The van der Waals surface area contributed by atoms with Crippen LogP contribution in [0.5, 0.6) is 0 Å². The van der Waals surface area contributed by atoms with Crippen LogP contribution in [0.3, 0.4) is 0 Å². The van der Waals surface area contributed by atoms with Crippen LogP contribution in [-0.4, -0.2) is 25.6 Å². The fourth-order valence-corrected chi connectivity index (χ4v) is 4.16. The molecule has 4 rings (SSSR count). The zero-order valence-electron chi connectivity index (χ0n) is 16.8. The second kappa shape index (κ2) is 7.26. The molecule has 0 unspecified atom stereocenters. The van der Waals surface area contributed by atoms with Gasteiger partial charge >= 0.3 is 0 Å². The molecule has 6 heteroatoms. The molecule has 1 N–H and O–H groups in total. The predicted octanol–water partition coefficient (Wildman–Crippen LogP) is 4.84. The number of aryl methyl sites for hydroxylation is 1. The zero-order chi connectivity index (χ0) is 20.8. The van der Waals surface area contributed by atoms with E-state index in [0.29, 0.717) is 17.2 Å². The topological polar surface area (TPSA) is 76.1 Å². The van der Waals surface area contributed by atoms with Gasteiger partial charge in [-0.1, -0.05) is 19.1 Å². The number of carbonyl (C=O) groups excluding carboxylic acids is 1. The van der Waals surface area contributed by atoms with E-state index in [4.69, 9.17) is 4.98 Å². The Kier molecular flexibility index (Phi) is 4.90. The summed E-state index contributed by atoms with van der Waals surface area (Å²) in [6.45, 7) is 3.83. The maximum atomic E-state index is 11.9. The van der Waals surface area contributed by atoms with Crippen molar-refractivity contribution in [3.8, 4) is 11.3 Å². The lowest BCUT2D eigenvalue weighted by atomic mass is 9.99. The summed E-state index contributed by atoms with van der Waals surface area (Å²) in [6.07, 6.45) is 3.96. The molecular formula is C23H24N2O3S. The number of nitrogens with one attached hydrogen (secondary N) is 1. The van der Waals surface area contributed by atoms with Gasteiger partial charge < -0.3 is 5.32 Å². The molecule has 1 aromatic heterocycles. The number of amides is 1. The Hall–Kier alpha value is -2.73. The van der Waals surface area contributed by atoms with Crippen LogP contribution in [0.15, 0.2) is 47.4 Å². The van der Waals surface area contributed by atoms with Crippen LogP contribution in [0.25, 0.3) is 22.2 Å².